The van der Waals surface area contributed by atoms with Crippen LogP contribution >= 0.6 is 0 Å². The molecule has 4 nitrogen and oxygen atoms in total. The number of morpholine rings is 1. The molecule has 1 heterocycles. The second-order valence-electron chi connectivity index (χ2n) is 6.75. The molecule has 2 aromatic carbocycles. The van der Waals surface area contributed by atoms with Crippen LogP contribution in [0.3, 0.4) is 0 Å². The van der Waals surface area contributed by atoms with Gasteiger partial charge in [-0.1, -0.05) is 36.4 Å². The number of fused-ring (bicyclic) bond motifs is 1. The summed E-state index contributed by atoms with van der Waals surface area (Å²) in [6.45, 7) is 3.19. The molecule has 0 bridgehead atoms. The van der Waals surface area contributed by atoms with E-state index in [1.165, 1.54) is 11.1 Å². The minimum Gasteiger partial charge on any atom is -0.378 e. The average molecular weight is 336 g/mol. The smallest absolute Gasteiger partial charge is 0.231 e. The zero-order valence-corrected chi connectivity index (χ0v) is 14.4. The van der Waals surface area contributed by atoms with E-state index >= 15 is 0 Å². The summed E-state index contributed by atoms with van der Waals surface area (Å²) >= 11 is 0. The van der Waals surface area contributed by atoms with Crippen molar-refractivity contribution < 1.29 is 9.53 Å². The van der Waals surface area contributed by atoms with Crippen molar-refractivity contribution in [2.45, 2.75) is 25.2 Å². The summed E-state index contributed by atoms with van der Waals surface area (Å²) in [6.07, 6.45) is 3.06. The molecule has 1 N–H and O–H groups in total. The molecule has 2 aromatic rings. The lowest BCUT2D eigenvalue weighted by Crippen LogP contribution is -2.37. The number of hydrogen-bond donors (Lipinski definition) is 1. The van der Waals surface area contributed by atoms with E-state index in [9.17, 15) is 4.79 Å². The molecule has 1 aliphatic carbocycles. The molecule has 1 fully saturated rings. The van der Waals surface area contributed by atoms with E-state index in [0.717, 1.165) is 56.9 Å². The van der Waals surface area contributed by atoms with Gasteiger partial charge in [-0.05, 0) is 42.5 Å². The fourth-order valence-corrected chi connectivity index (χ4v) is 3.91. The number of ether oxygens (including phenoxy) is 1. The molecule has 0 radical (unpaired) electrons. The highest BCUT2D eigenvalue weighted by atomic mass is 16.5. The zero-order valence-electron chi connectivity index (χ0n) is 14.4. The van der Waals surface area contributed by atoms with Gasteiger partial charge in [0.1, 0.15) is 0 Å². The molecule has 0 spiro atoms. The van der Waals surface area contributed by atoms with Crippen LogP contribution in [0.25, 0.3) is 0 Å². The van der Waals surface area contributed by atoms with Crippen molar-refractivity contribution in [3.63, 3.8) is 0 Å². The molecule has 25 heavy (non-hydrogen) atoms. The fraction of sp³-hybridized carbons (Fsp3) is 0.381. The van der Waals surface area contributed by atoms with E-state index in [1.807, 2.05) is 24.3 Å². The largest absolute Gasteiger partial charge is 0.378 e. The Hall–Kier alpha value is -2.33. The molecule has 4 heteroatoms. The van der Waals surface area contributed by atoms with Gasteiger partial charge in [0.2, 0.25) is 5.91 Å². The van der Waals surface area contributed by atoms with Gasteiger partial charge in [-0.15, -0.1) is 0 Å². The number of hydrogen-bond acceptors (Lipinski definition) is 3. The van der Waals surface area contributed by atoms with Crippen LogP contribution < -0.4 is 10.2 Å². The Kier molecular flexibility index (Phi) is 4.70. The van der Waals surface area contributed by atoms with Crippen LogP contribution in [0.15, 0.2) is 48.5 Å². The minimum absolute atomic E-state index is 0.0531. The second-order valence-corrected chi connectivity index (χ2v) is 6.75. The summed E-state index contributed by atoms with van der Waals surface area (Å²) in [6, 6.07) is 16.4. The summed E-state index contributed by atoms with van der Waals surface area (Å²) in [5, 5.41) is 3.20. The normalized spacial score (nSPS) is 20.0. The van der Waals surface area contributed by atoms with E-state index < -0.39 is 0 Å². The van der Waals surface area contributed by atoms with Gasteiger partial charge >= 0.3 is 0 Å². The fourth-order valence-electron chi connectivity index (χ4n) is 3.91. The van der Waals surface area contributed by atoms with E-state index in [0.29, 0.717) is 0 Å². The number of carbonyl (C=O) groups is 1. The first-order valence-electron chi connectivity index (χ1n) is 9.13. The molecule has 1 atom stereocenters. The number of amides is 1. The third-order valence-electron chi connectivity index (χ3n) is 5.20. The molecule has 1 saturated heterocycles. The van der Waals surface area contributed by atoms with Crippen LogP contribution in [0.2, 0.25) is 0 Å². The molecule has 1 aliphatic heterocycles. The Morgan fingerprint density at radius 3 is 2.68 bits per heavy atom. The van der Waals surface area contributed by atoms with Gasteiger partial charge in [0, 0.05) is 13.1 Å². The van der Waals surface area contributed by atoms with Crippen LogP contribution in [0.5, 0.6) is 0 Å². The summed E-state index contributed by atoms with van der Waals surface area (Å²) in [5.41, 5.74) is 4.49. The molecule has 2 aliphatic rings. The first-order chi connectivity index (χ1) is 12.3. The van der Waals surface area contributed by atoms with Crippen molar-refractivity contribution in [1.82, 2.24) is 0 Å². The number of aryl methyl sites for hydroxylation is 1. The standard InChI is InChI=1S/C21H24N2O2/c24-21(18-9-5-7-16-6-1-2-8-17(16)18)22-19-10-3-4-11-20(19)23-12-14-25-15-13-23/h1-4,6,8,10-11,18H,5,7,9,12-15H2,(H,22,24). The minimum atomic E-state index is -0.0531. The molecule has 0 saturated carbocycles. The monoisotopic (exact) mass is 336 g/mol. The van der Waals surface area contributed by atoms with Crippen molar-refractivity contribution >= 4 is 17.3 Å². The second kappa shape index (κ2) is 7.28. The highest BCUT2D eigenvalue weighted by Crippen LogP contribution is 2.34. The maximum atomic E-state index is 13.0. The highest BCUT2D eigenvalue weighted by molar-refractivity contribution is 5.98. The van der Waals surface area contributed by atoms with Crippen LogP contribution in [-0.4, -0.2) is 32.2 Å². The number of rotatable bonds is 3. The lowest BCUT2D eigenvalue weighted by Gasteiger charge is -2.31. The third-order valence-corrected chi connectivity index (χ3v) is 5.20. The van der Waals surface area contributed by atoms with Gasteiger partial charge in [-0.3, -0.25) is 4.79 Å². The van der Waals surface area contributed by atoms with Crippen molar-refractivity contribution in [1.29, 1.82) is 0 Å². The van der Waals surface area contributed by atoms with Gasteiger partial charge in [0.05, 0.1) is 30.5 Å². The lowest BCUT2D eigenvalue weighted by molar-refractivity contribution is -0.117. The van der Waals surface area contributed by atoms with Crippen LogP contribution in [0, 0.1) is 0 Å². The van der Waals surface area contributed by atoms with E-state index in [1.54, 1.807) is 0 Å². The van der Waals surface area contributed by atoms with Gasteiger partial charge in [0.25, 0.3) is 0 Å². The summed E-state index contributed by atoms with van der Waals surface area (Å²) in [5.74, 6) is 0.0514. The first-order valence-corrected chi connectivity index (χ1v) is 9.13. The Morgan fingerprint density at radius 2 is 1.80 bits per heavy atom. The van der Waals surface area contributed by atoms with Crippen molar-refractivity contribution in [3.05, 3.63) is 59.7 Å². The summed E-state index contributed by atoms with van der Waals surface area (Å²) in [7, 11) is 0. The van der Waals surface area contributed by atoms with E-state index in [4.69, 9.17) is 4.74 Å². The van der Waals surface area contributed by atoms with Gasteiger partial charge in [-0.2, -0.15) is 0 Å². The van der Waals surface area contributed by atoms with Crippen molar-refractivity contribution in [2.24, 2.45) is 0 Å². The SMILES string of the molecule is O=C(Nc1ccccc1N1CCOCC1)C1CCCc2ccccc21. The number of nitrogens with zero attached hydrogens (tertiary/aromatic N) is 1. The number of para-hydroxylation sites is 2. The van der Waals surface area contributed by atoms with Crippen LogP contribution in [0.1, 0.15) is 29.9 Å². The van der Waals surface area contributed by atoms with Gasteiger partial charge in [-0.25, -0.2) is 0 Å². The Labute approximate surface area is 148 Å². The number of benzene rings is 2. The highest BCUT2D eigenvalue weighted by Gasteiger charge is 2.27. The lowest BCUT2D eigenvalue weighted by atomic mass is 9.82. The molecule has 4 rings (SSSR count). The maximum absolute atomic E-state index is 13.0. The average Bonchev–Trinajstić information content (AvgIpc) is 2.68. The van der Waals surface area contributed by atoms with Crippen molar-refractivity contribution in [2.75, 3.05) is 36.5 Å². The van der Waals surface area contributed by atoms with Crippen LogP contribution in [-0.2, 0) is 16.0 Å². The van der Waals surface area contributed by atoms with Gasteiger partial charge < -0.3 is 15.0 Å². The maximum Gasteiger partial charge on any atom is 0.231 e. The third kappa shape index (κ3) is 3.40. The summed E-state index contributed by atoms with van der Waals surface area (Å²) in [4.78, 5) is 15.3. The predicted molar refractivity (Wildman–Crippen MR) is 100 cm³/mol. The van der Waals surface area contributed by atoms with Gasteiger partial charge in [0.15, 0.2) is 0 Å². The Morgan fingerprint density at radius 1 is 1.04 bits per heavy atom. The molecule has 0 aromatic heterocycles. The Balaban J connectivity index is 1.56. The molecular weight excluding hydrogens is 312 g/mol. The van der Waals surface area contributed by atoms with Crippen molar-refractivity contribution in [3.8, 4) is 0 Å². The zero-order chi connectivity index (χ0) is 17.1. The molecule has 1 amide bonds. The molecule has 130 valence electrons. The number of nitrogens with one attached hydrogen (secondary N) is 1. The van der Waals surface area contributed by atoms with Crippen LogP contribution in [0.4, 0.5) is 11.4 Å². The molecular formula is C21H24N2O2. The predicted octanol–water partition coefficient (Wildman–Crippen LogP) is 3.58. The summed E-state index contributed by atoms with van der Waals surface area (Å²) < 4.78 is 5.45. The topological polar surface area (TPSA) is 41.6 Å². The van der Waals surface area contributed by atoms with E-state index in [2.05, 4.69) is 34.5 Å². The number of anilines is 2. The molecule has 1 unspecified atom stereocenters. The Bertz CT molecular complexity index is 753. The quantitative estimate of drug-likeness (QED) is 0.931. The van der Waals surface area contributed by atoms with E-state index in [-0.39, 0.29) is 11.8 Å². The number of carbonyl (C=O) groups excluding carboxylic acids is 1. The first kappa shape index (κ1) is 16.2.